The minimum absolute atomic E-state index is 0.573. The fraction of sp³-hybridized carbons (Fsp3) is 0.0938. The molecular weight excluding hydrogens is 829 g/mol. The predicted octanol–water partition coefficient (Wildman–Crippen LogP) is 18.8. The monoisotopic (exact) mass is 876 g/mol. The van der Waals surface area contributed by atoms with Crippen molar-refractivity contribution < 1.29 is 0 Å². The summed E-state index contributed by atoms with van der Waals surface area (Å²) in [4.78, 5) is 2.53. The average Bonchev–Trinajstić information content (AvgIpc) is 3.95. The van der Waals surface area contributed by atoms with Crippen LogP contribution in [-0.4, -0.2) is 4.57 Å². The van der Waals surface area contributed by atoms with Crippen molar-refractivity contribution in [1.82, 2.24) is 4.57 Å². The summed E-state index contributed by atoms with van der Waals surface area (Å²) in [6, 6.07) is 83.5. The van der Waals surface area contributed by atoms with Gasteiger partial charge in [0.15, 0.2) is 0 Å². The molecule has 1 fully saturated rings. The molecule has 0 aliphatic heterocycles. The number of anilines is 3. The Kier molecular flexibility index (Phi) is 9.83. The van der Waals surface area contributed by atoms with Crippen LogP contribution in [0.4, 0.5) is 17.1 Å². The highest BCUT2D eigenvalue weighted by molar-refractivity contribution is 7.25. The summed E-state index contributed by atoms with van der Waals surface area (Å²) in [7, 11) is 0. The highest BCUT2D eigenvalue weighted by Crippen LogP contribution is 2.50. The fourth-order valence-corrected chi connectivity index (χ4v) is 12.5. The third kappa shape index (κ3) is 6.76. The maximum absolute atomic E-state index is 2.53. The standard InChI is InChI=1S/C64H48N2S/c1-3-18-44(19-4-1)49-28-15-20-45-21-16-29-54(63(45)49)51-25-8-12-32-58(51)65(59-33-13-9-26-52(59)55-30-17-35-62-64(55)56-27-10-14-34-61(56)67-62)48-39-36-43(37-40-48)46-38-41-53-50-24-7-11-31-57(50)66(60(53)42-46)47-22-5-2-6-23-47/h2,5-17,20-42,44H,1,3-4,18-19H2. The molecule has 0 atom stereocenters. The van der Waals surface area contributed by atoms with E-state index in [1.165, 1.54) is 124 Å². The summed E-state index contributed by atoms with van der Waals surface area (Å²) in [6.45, 7) is 0. The van der Waals surface area contributed by atoms with Crippen LogP contribution < -0.4 is 4.90 Å². The highest BCUT2D eigenvalue weighted by Gasteiger charge is 2.25. The van der Waals surface area contributed by atoms with Crippen molar-refractivity contribution in [2.45, 2.75) is 38.0 Å². The molecule has 2 aromatic heterocycles. The first-order valence-corrected chi connectivity index (χ1v) is 24.7. The van der Waals surface area contributed by atoms with Crippen LogP contribution in [0.5, 0.6) is 0 Å². The number of hydrogen-bond donors (Lipinski definition) is 0. The molecule has 1 aliphatic rings. The van der Waals surface area contributed by atoms with Crippen LogP contribution in [0.3, 0.4) is 0 Å². The molecule has 10 aromatic carbocycles. The lowest BCUT2D eigenvalue weighted by atomic mass is 9.80. The van der Waals surface area contributed by atoms with Gasteiger partial charge < -0.3 is 9.47 Å². The molecule has 13 rings (SSSR count). The van der Waals surface area contributed by atoms with Crippen LogP contribution in [0.15, 0.2) is 224 Å². The molecule has 0 amide bonds. The van der Waals surface area contributed by atoms with Crippen LogP contribution >= 0.6 is 11.3 Å². The second-order valence-corrected chi connectivity index (χ2v) is 19.3. The Morgan fingerprint density at radius 2 is 0.985 bits per heavy atom. The van der Waals surface area contributed by atoms with Gasteiger partial charge >= 0.3 is 0 Å². The van der Waals surface area contributed by atoms with Crippen molar-refractivity contribution >= 4 is 81.1 Å². The fourth-order valence-electron chi connectivity index (χ4n) is 11.4. The summed E-state index contributed by atoms with van der Waals surface area (Å²) < 4.78 is 5.02. The number of hydrogen-bond acceptors (Lipinski definition) is 2. The molecule has 1 saturated carbocycles. The smallest absolute Gasteiger partial charge is 0.0547 e. The molecule has 0 unspecified atom stereocenters. The van der Waals surface area contributed by atoms with Crippen molar-refractivity contribution in [3.63, 3.8) is 0 Å². The normalized spacial score (nSPS) is 13.3. The number of nitrogens with zero attached hydrogens (tertiary/aromatic N) is 2. The lowest BCUT2D eigenvalue weighted by Crippen LogP contribution is -2.12. The Morgan fingerprint density at radius 3 is 1.76 bits per heavy atom. The molecule has 2 heterocycles. The van der Waals surface area contributed by atoms with Crippen LogP contribution in [0.1, 0.15) is 43.6 Å². The van der Waals surface area contributed by atoms with E-state index in [1.54, 1.807) is 0 Å². The van der Waals surface area contributed by atoms with E-state index in [4.69, 9.17) is 0 Å². The summed E-state index contributed by atoms with van der Waals surface area (Å²) in [5.41, 5.74) is 15.8. The Hall–Kier alpha value is -7.72. The van der Waals surface area contributed by atoms with E-state index in [0.717, 1.165) is 22.7 Å². The maximum Gasteiger partial charge on any atom is 0.0547 e. The molecule has 0 radical (unpaired) electrons. The predicted molar refractivity (Wildman–Crippen MR) is 288 cm³/mol. The summed E-state index contributed by atoms with van der Waals surface area (Å²) in [6.07, 6.45) is 6.45. The Balaban J connectivity index is 1.01. The zero-order valence-electron chi connectivity index (χ0n) is 37.3. The summed E-state index contributed by atoms with van der Waals surface area (Å²) in [5.74, 6) is 0.573. The molecule has 12 aromatic rings. The van der Waals surface area contributed by atoms with Gasteiger partial charge in [0, 0.05) is 53.4 Å². The van der Waals surface area contributed by atoms with Crippen LogP contribution in [0.2, 0.25) is 0 Å². The molecule has 1 aliphatic carbocycles. The van der Waals surface area contributed by atoms with Gasteiger partial charge in [-0.05, 0) is 118 Å². The van der Waals surface area contributed by atoms with Crippen LogP contribution in [0, 0.1) is 0 Å². The van der Waals surface area contributed by atoms with Gasteiger partial charge in [0.2, 0.25) is 0 Å². The zero-order valence-corrected chi connectivity index (χ0v) is 38.1. The summed E-state index contributed by atoms with van der Waals surface area (Å²) >= 11 is 1.88. The summed E-state index contributed by atoms with van der Waals surface area (Å²) in [5, 5.41) is 7.84. The minimum atomic E-state index is 0.573. The van der Waals surface area contributed by atoms with Gasteiger partial charge in [-0.15, -0.1) is 11.3 Å². The van der Waals surface area contributed by atoms with E-state index in [-0.39, 0.29) is 0 Å². The van der Waals surface area contributed by atoms with E-state index in [2.05, 4.69) is 234 Å². The molecule has 0 N–H and O–H groups in total. The van der Waals surface area contributed by atoms with Gasteiger partial charge in [-0.3, -0.25) is 0 Å². The van der Waals surface area contributed by atoms with Crippen molar-refractivity contribution in [2.24, 2.45) is 0 Å². The maximum atomic E-state index is 2.53. The zero-order chi connectivity index (χ0) is 44.3. The number of rotatable bonds is 8. The number of fused-ring (bicyclic) bond motifs is 7. The second-order valence-electron chi connectivity index (χ2n) is 18.2. The van der Waals surface area contributed by atoms with Gasteiger partial charge in [0.25, 0.3) is 0 Å². The van der Waals surface area contributed by atoms with Crippen LogP contribution in [0.25, 0.3) is 91.8 Å². The van der Waals surface area contributed by atoms with E-state index in [9.17, 15) is 0 Å². The van der Waals surface area contributed by atoms with Crippen molar-refractivity contribution in [3.05, 3.63) is 230 Å². The second kappa shape index (κ2) is 16.6. The third-order valence-electron chi connectivity index (χ3n) is 14.4. The van der Waals surface area contributed by atoms with Gasteiger partial charge in [-0.2, -0.15) is 0 Å². The van der Waals surface area contributed by atoms with Gasteiger partial charge in [-0.25, -0.2) is 0 Å². The first-order chi connectivity index (χ1) is 33.3. The lowest BCUT2D eigenvalue weighted by molar-refractivity contribution is 0.445. The molecule has 67 heavy (non-hydrogen) atoms. The van der Waals surface area contributed by atoms with Crippen molar-refractivity contribution in [2.75, 3.05) is 4.90 Å². The van der Waals surface area contributed by atoms with Crippen LogP contribution in [-0.2, 0) is 0 Å². The molecule has 2 nitrogen and oxygen atoms in total. The molecule has 320 valence electrons. The van der Waals surface area contributed by atoms with E-state index in [0.29, 0.717) is 5.92 Å². The molecular formula is C64H48N2S. The minimum Gasteiger partial charge on any atom is -0.309 e. The van der Waals surface area contributed by atoms with Gasteiger partial charge in [0.05, 0.1) is 22.4 Å². The number of para-hydroxylation sites is 4. The third-order valence-corrected chi connectivity index (χ3v) is 15.5. The first-order valence-electron chi connectivity index (χ1n) is 23.9. The quantitative estimate of drug-likeness (QED) is 0.148. The molecule has 0 saturated heterocycles. The van der Waals surface area contributed by atoms with Crippen molar-refractivity contribution in [1.29, 1.82) is 0 Å². The Bertz CT molecular complexity index is 3790. The largest absolute Gasteiger partial charge is 0.309 e. The lowest BCUT2D eigenvalue weighted by Gasteiger charge is -2.31. The molecule has 0 spiro atoms. The number of benzene rings is 10. The molecule has 3 heteroatoms. The topological polar surface area (TPSA) is 8.17 Å². The SMILES string of the molecule is c1ccc(-n2c3ccccc3c3ccc(-c4ccc(N(c5ccccc5-c5cccc6cccc(C7CCCCC7)c56)c5ccccc5-c5cccc6sc7ccccc7c56)cc4)cc32)cc1. The van der Waals surface area contributed by atoms with E-state index >= 15 is 0 Å². The Morgan fingerprint density at radius 1 is 0.403 bits per heavy atom. The van der Waals surface area contributed by atoms with E-state index < -0.39 is 0 Å². The van der Waals surface area contributed by atoms with E-state index in [1.807, 2.05) is 11.3 Å². The first kappa shape index (κ1) is 39.6. The molecule has 0 bridgehead atoms. The average molecular weight is 877 g/mol. The number of thiophene rings is 1. The Labute approximate surface area is 395 Å². The highest BCUT2D eigenvalue weighted by atomic mass is 32.1. The van der Waals surface area contributed by atoms with Gasteiger partial charge in [-0.1, -0.05) is 183 Å². The van der Waals surface area contributed by atoms with Crippen molar-refractivity contribution in [3.8, 4) is 39.1 Å². The van der Waals surface area contributed by atoms with Gasteiger partial charge in [0.1, 0.15) is 0 Å². The number of aromatic nitrogens is 1.